The van der Waals surface area contributed by atoms with E-state index < -0.39 is 18.1 Å². The van der Waals surface area contributed by atoms with Crippen LogP contribution in [0.5, 0.6) is 5.75 Å². The Morgan fingerprint density at radius 1 is 1.25 bits per heavy atom. The predicted molar refractivity (Wildman–Crippen MR) is 68.1 cm³/mol. The van der Waals surface area contributed by atoms with Crippen LogP contribution in [0.2, 0.25) is 0 Å². The molecular formula is C12H13BrF5NO. The van der Waals surface area contributed by atoms with Crippen molar-refractivity contribution in [2.75, 3.05) is 13.7 Å². The van der Waals surface area contributed by atoms with Crippen molar-refractivity contribution in [3.63, 3.8) is 0 Å². The smallest absolute Gasteiger partial charge is 0.455 e. The maximum absolute atomic E-state index is 13.7. The molecule has 1 rings (SSSR count). The zero-order valence-corrected chi connectivity index (χ0v) is 12.3. The molecule has 0 fully saturated rings. The van der Waals surface area contributed by atoms with Gasteiger partial charge in [0.2, 0.25) is 0 Å². The van der Waals surface area contributed by atoms with E-state index in [0.29, 0.717) is 4.47 Å². The number of halogens is 6. The van der Waals surface area contributed by atoms with Gasteiger partial charge in [-0.15, -0.1) is 0 Å². The van der Waals surface area contributed by atoms with E-state index in [1.165, 1.54) is 32.2 Å². The van der Waals surface area contributed by atoms with Gasteiger partial charge >= 0.3 is 12.1 Å². The van der Waals surface area contributed by atoms with Crippen LogP contribution in [-0.4, -0.2) is 25.8 Å². The van der Waals surface area contributed by atoms with Gasteiger partial charge in [-0.05, 0) is 24.7 Å². The van der Waals surface area contributed by atoms with Crippen LogP contribution in [-0.2, 0) is 0 Å². The number of ether oxygens (including phenoxy) is 1. The molecule has 0 spiro atoms. The Labute approximate surface area is 121 Å². The molecule has 0 saturated heterocycles. The molecule has 1 atom stereocenters. The molecule has 114 valence electrons. The van der Waals surface area contributed by atoms with Crippen molar-refractivity contribution in [2.45, 2.75) is 25.1 Å². The van der Waals surface area contributed by atoms with E-state index in [0.717, 1.165) is 0 Å². The van der Waals surface area contributed by atoms with Gasteiger partial charge in [0.15, 0.2) is 0 Å². The number of alkyl halides is 5. The molecule has 0 heterocycles. The third-order valence-corrected chi connectivity index (χ3v) is 3.14. The van der Waals surface area contributed by atoms with Gasteiger partial charge in [-0.1, -0.05) is 22.9 Å². The largest absolute Gasteiger partial charge is 0.496 e. The van der Waals surface area contributed by atoms with Crippen LogP contribution in [0.25, 0.3) is 0 Å². The Hall–Kier alpha value is -0.890. The SMILES string of the molecule is CCNC(c1cc(Br)ccc1OC)C(F)(F)C(F)(F)F. The minimum absolute atomic E-state index is 0.0388. The van der Waals surface area contributed by atoms with E-state index in [4.69, 9.17) is 4.74 Å². The molecule has 2 nitrogen and oxygen atoms in total. The fourth-order valence-electron chi connectivity index (χ4n) is 1.73. The lowest BCUT2D eigenvalue weighted by atomic mass is 9.99. The van der Waals surface area contributed by atoms with Gasteiger partial charge in [0.05, 0.1) is 7.11 Å². The van der Waals surface area contributed by atoms with E-state index in [-0.39, 0.29) is 17.9 Å². The molecule has 1 aromatic carbocycles. The van der Waals surface area contributed by atoms with Crippen LogP contribution in [0.4, 0.5) is 22.0 Å². The van der Waals surface area contributed by atoms with Crippen molar-refractivity contribution in [1.29, 1.82) is 0 Å². The first-order valence-electron chi connectivity index (χ1n) is 5.66. The Morgan fingerprint density at radius 2 is 1.85 bits per heavy atom. The molecule has 1 N–H and O–H groups in total. The summed E-state index contributed by atoms with van der Waals surface area (Å²) in [6.07, 6.45) is -5.66. The van der Waals surface area contributed by atoms with Crippen molar-refractivity contribution in [3.8, 4) is 5.75 Å². The van der Waals surface area contributed by atoms with Crippen molar-refractivity contribution in [1.82, 2.24) is 5.32 Å². The summed E-state index contributed by atoms with van der Waals surface area (Å²) in [7, 11) is 1.21. The molecule has 20 heavy (non-hydrogen) atoms. The third-order valence-electron chi connectivity index (χ3n) is 2.65. The van der Waals surface area contributed by atoms with Crippen LogP contribution in [0, 0.1) is 0 Å². The quantitative estimate of drug-likeness (QED) is 0.789. The van der Waals surface area contributed by atoms with Gasteiger partial charge in [-0.25, -0.2) is 0 Å². The Balaban J connectivity index is 3.37. The lowest BCUT2D eigenvalue weighted by Gasteiger charge is -2.30. The highest BCUT2D eigenvalue weighted by Gasteiger charge is 2.63. The van der Waals surface area contributed by atoms with Gasteiger partial charge < -0.3 is 10.1 Å². The van der Waals surface area contributed by atoms with Crippen LogP contribution >= 0.6 is 15.9 Å². The van der Waals surface area contributed by atoms with Crippen molar-refractivity contribution in [3.05, 3.63) is 28.2 Å². The molecule has 1 aromatic rings. The van der Waals surface area contributed by atoms with Crippen LogP contribution in [0.3, 0.4) is 0 Å². The topological polar surface area (TPSA) is 21.3 Å². The Kier molecular flexibility index (Phi) is 5.37. The molecule has 0 aliphatic carbocycles. The molecule has 0 amide bonds. The molecule has 0 aliphatic rings. The Morgan fingerprint density at radius 3 is 2.30 bits per heavy atom. The lowest BCUT2D eigenvalue weighted by molar-refractivity contribution is -0.294. The first kappa shape index (κ1) is 17.2. The second-order valence-electron chi connectivity index (χ2n) is 4.00. The summed E-state index contributed by atoms with van der Waals surface area (Å²) < 4.78 is 70.3. The van der Waals surface area contributed by atoms with Gasteiger partial charge in [-0.3, -0.25) is 0 Å². The number of nitrogens with one attached hydrogen (secondary N) is 1. The maximum Gasteiger partial charge on any atom is 0.455 e. The average Bonchev–Trinajstić information content (AvgIpc) is 2.34. The maximum atomic E-state index is 13.7. The van der Waals surface area contributed by atoms with Gasteiger partial charge in [0, 0.05) is 10.0 Å². The fraction of sp³-hybridized carbons (Fsp3) is 0.500. The van der Waals surface area contributed by atoms with Crippen LogP contribution in [0.15, 0.2) is 22.7 Å². The fourth-order valence-corrected chi connectivity index (χ4v) is 2.11. The summed E-state index contributed by atoms with van der Waals surface area (Å²) in [5.74, 6) is -4.96. The zero-order chi connectivity index (χ0) is 15.6. The predicted octanol–water partition coefficient (Wildman–Crippen LogP) is 4.31. The second-order valence-corrected chi connectivity index (χ2v) is 4.91. The number of methoxy groups -OCH3 is 1. The monoisotopic (exact) mass is 361 g/mol. The highest BCUT2D eigenvalue weighted by Crippen LogP contribution is 2.46. The molecule has 0 aromatic heterocycles. The Bertz CT molecular complexity index is 464. The standard InChI is InChI=1S/C12H13BrF5NO/c1-3-19-10(11(14,15)12(16,17)18)8-6-7(13)4-5-9(8)20-2/h4-6,10,19H,3H2,1-2H3. The molecule has 0 saturated carbocycles. The number of hydrogen-bond donors (Lipinski definition) is 1. The molecule has 0 radical (unpaired) electrons. The highest BCUT2D eigenvalue weighted by molar-refractivity contribution is 9.10. The normalized spacial score (nSPS) is 14.2. The van der Waals surface area contributed by atoms with E-state index in [1.807, 2.05) is 0 Å². The summed E-state index contributed by atoms with van der Waals surface area (Å²) in [4.78, 5) is 0. The van der Waals surface area contributed by atoms with Crippen molar-refractivity contribution in [2.24, 2.45) is 0 Å². The molecule has 1 unspecified atom stereocenters. The average molecular weight is 362 g/mol. The van der Waals surface area contributed by atoms with E-state index in [9.17, 15) is 22.0 Å². The minimum Gasteiger partial charge on any atom is -0.496 e. The van der Waals surface area contributed by atoms with Gasteiger partial charge in [0.1, 0.15) is 11.8 Å². The third kappa shape index (κ3) is 3.41. The van der Waals surface area contributed by atoms with E-state index in [1.54, 1.807) is 0 Å². The summed E-state index contributed by atoms with van der Waals surface area (Å²) in [5.41, 5.74) is -0.258. The number of benzene rings is 1. The second kappa shape index (κ2) is 6.26. The summed E-state index contributed by atoms with van der Waals surface area (Å²) in [6, 6.07) is 1.79. The number of rotatable bonds is 5. The van der Waals surface area contributed by atoms with Crippen molar-refractivity contribution < 1.29 is 26.7 Å². The highest BCUT2D eigenvalue weighted by atomic mass is 79.9. The summed E-state index contributed by atoms with van der Waals surface area (Å²) in [5, 5.41) is 2.18. The van der Waals surface area contributed by atoms with E-state index >= 15 is 0 Å². The van der Waals surface area contributed by atoms with Crippen LogP contribution < -0.4 is 10.1 Å². The number of hydrogen-bond acceptors (Lipinski definition) is 2. The molecule has 8 heteroatoms. The summed E-state index contributed by atoms with van der Waals surface area (Å²) >= 11 is 3.05. The van der Waals surface area contributed by atoms with E-state index in [2.05, 4.69) is 21.2 Å². The lowest BCUT2D eigenvalue weighted by Crippen LogP contribution is -2.48. The molecule has 0 aliphatic heterocycles. The first-order valence-corrected chi connectivity index (χ1v) is 6.45. The van der Waals surface area contributed by atoms with Gasteiger partial charge in [-0.2, -0.15) is 22.0 Å². The zero-order valence-electron chi connectivity index (χ0n) is 10.7. The van der Waals surface area contributed by atoms with Crippen LogP contribution in [0.1, 0.15) is 18.5 Å². The molecular weight excluding hydrogens is 349 g/mol. The van der Waals surface area contributed by atoms with Crippen molar-refractivity contribution >= 4 is 15.9 Å². The minimum atomic E-state index is -5.66. The summed E-state index contributed by atoms with van der Waals surface area (Å²) in [6.45, 7) is 1.40. The molecule has 0 bridgehead atoms. The first-order chi connectivity index (χ1) is 9.15. The van der Waals surface area contributed by atoms with Gasteiger partial charge in [0.25, 0.3) is 0 Å².